The number of carbonyl (C=O) groups is 1. The fraction of sp³-hybridized carbons (Fsp3) is 0.435. The number of anilines is 1. The number of halogens is 1. The standard InChI is InChI=1S/C23H28BrNO2/c1-5-6-7-16-8-13-20-19(14-16)22(27-15(2)26)23(3,4)21(25-20)17-9-11-18(24)12-10-17/h8-14,21-22,25H,5-7H2,1-4H3. The molecule has 2 aromatic rings. The van der Waals surface area contributed by atoms with E-state index in [-0.39, 0.29) is 23.5 Å². The molecule has 1 N–H and O–H groups in total. The molecule has 0 radical (unpaired) electrons. The van der Waals surface area contributed by atoms with Crippen LogP contribution in [0.15, 0.2) is 46.9 Å². The fourth-order valence-electron chi connectivity index (χ4n) is 3.94. The smallest absolute Gasteiger partial charge is 0.303 e. The Morgan fingerprint density at radius 1 is 1.19 bits per heavy atom. The highest BCUT2D eigenvalue weighted by Crippen LogP contribution is 2.53. The third-order valence-corrected chi connectivity index (χ3v) is 5.95. The second kappa shape index (κ2) is 8.05. The second-order valence-corrected chi connectivity index (χ2v) is 8.88. The van der Waals surface area contributed by atoms with Crippen LogP contribution in [0.25, 0.3) is 0 Å². The van der Waals surface area contributed by atoms with Crippen molar-refractivity contribution in [1.29, 1.82) is 0 Å². The summed E-state index contributed by atoms with van der Waals surface area (Å²) in [5.41, 5.74) is 4.31. The number of hydrogen-bond donors (Lipinski definition) is 1. The zero-order chi connectivity index (χ0) is 19.6. The van der Waals surface area contributed by atoms with Crippen molar-refractivity contribution in [1.82, 2.24) is 0 Å². The summed E-state index contributed by atoms with van der Waals surface area (Å²) in [6.07, 6.45) is 3.09. The largest absolute Gasteiger partial charge is 0.457 e. The lowest BCUT2D eigenvalue weighted by Gasteiger charge is -2.46. The van der Waals surface area contributed by atoms with Gasteiger partial charge in [0.05, 0.1) is 6.04 Å². The number of unbranched alkanes of at least 4 members (excludes halogenated alkanes) is 1. The Labute approximate surface area is 170 Å². The predicted molar refractivity (Wildman–Crippen MR) is 114 cm³/mol. The summed E-state index contributed by atoms with van der Waals surface area (Å²) in [4.78, 5) is 11.9. The number of nitrogens with one attached hydrogen (secondary N) is 1. The van der Waals surface area contributed by atoms with E-state index in [4.69, 9.17) is 4.74 Å². The summed E-state index contributed by atoms with van der Waals surface area (Å²) < 4.78 is 6.93. The number of esters is 1. The van der Waals surface area contributed by atoms with Gasteiger partial charge in [0.2, 0.25) is 0 Å². The third-order valence-electron chi connectivity index (χ3n) is 5.42. The van der Waals surface area contributed by atoms with Crippen molar-refractivity contribution >= 4 is 27.6 Å². The van der Waals surface area contributed by atoms with E-state index in [2.05, 4.69) is 84.5 Å². The van der Waals surface area contributed by atoms with E-state index in [0.717, 1.165) is 28.6 Å². The van der Waals surface area contributed by atoms with E-state index in [1.165, 1.54) is 24.5 Å². The molecule has 0 amide bonds. The number of hydrogen-bond acceptors (Lipinski definition) is 3. The normalized spacial score (nSPS) is 20.5. The van der Waals surface area contributed by atoms with Gasteiger partial charge < -0.3 is 10.1 Å². The summed E-state index contributed by atoms with van der Waals surface area (Å²) in [5, 5.41) is 3.70. The average Bonchev–Trinajstić information content (AvgIpc) is 2.63. The molecule has 1 aliphatic heterocycles. The minimum absolute atomic E-state index is 0.0453. The highest BCUT2D eigenvalue weighted by atomic mass is 79.9. The van der Waals surface area contributed by atoms with Crippen LogP contribution in [-0.4, -0.2) is 5.97 Å². The molecule has 2 aromatic carbocycles. The lowest BCUT2D eigenvalue weighted by atomic mass is 9.70. The Hall–Kier alpha value is -1.81. The highest BCUT2D eigenvalue weighted by Gasteiger charge is 2.46. The van der Waals surface area contributed by atoms with Gasteiger partial charge in [-0.25, -0.2) is 0 Å². The lowest BCUT2D eigenvalue weighted by Crippen LogP contribution is -2.40. The van der Waals surface area contributed by atoms with Crippen LogP contribution in [0.4, 0.5) is 5.69 Å². The van der Waals surface area contributed by atoms with Crippen LogP contribution < -0.4 is 5.32 Å². The third kappa shape index (κ3) is 4.21. The van der Waals surface area contributed by atoms with Crippen LogP contribution in [0.2, 0.25) is 0 Å². The van der Waals surface area contributed by atoms with E-state index in [0.29, 0.717) is 0 Å². The summed E-state index contributed by atoms with van der Waals surface area (Å²) in [6, 6.07) is 14.9. The Kier molecular flexibility index (Phi) is 5.95. The monoisotopic (exact) mass is 429 g/mol. The Morgan fingerprint density at radius 3 is 2.52 bits per heavy atom. The summed E-state index contributed by atoms with van der Waals surface area (Å²) in [7, 11) is 0. The van der Waals surface area contributed by atoms with Gasteiger partial charge >= 0.3 is 5.97 Å². The van der Waals surface area contributed by atoms with Gasteiger partial charge in [0, 0.05) is 28.1 Å². The van der Waals surface area contributed by atoms with Crippen LogP contribution >= 0.6 is 15.9 Å². The van der Waals surface area contributed by atoms with E-state index < -0.39 is 0 Å². The first-order valence-electron chi connectivity index (χ1n) is 9.65. The van der Waals surface area contributed by atoms with Crippen LogP contribution in [0, 0.1) is 5.41 Å². The Balaban J connectivity index is 2.05. The van der Waals surface area contributed by atoms with Crippen LogP contribution in [-0.2, 0) is 16.0 Å². The van der Waals surface area contributed by atoms with Gasteiger partial charge in [-0.15, -0.1) is 0 Å². The number of benzene rings is 2. The molecule has 0 aromatic heterocycles. The molecule has 0 fully saturated rings. The summed E-state index contributed by atoms with van der Waals surface area (Å²) in [5.74, 6) is -0.241. The summed E-state index contributed by atoms with van der Waals surface area (Å²) in [6.45, 7) is 8.03. The first-order valence-corrected chi connectivity index (χ1v) is 10.4. The van der Waals surface area contributed by atoms with Crippen LogP contribution in [0.3, 0.4) is 0 Å². The molecular weight excluding hydrogens is 402 g/mol. The van der Waals surface area contributed by atoms with Crippen molar-refractivity contribution in [2.24, 2.45) is 5.41 Å². The van der Waals surface area contributed by atoms with Crippen LogP contribution in [0.5, 0.6) is 0 Å². The Morgan fingerprint density at radius 2 is 1.89 bits per heavy atom. The van der Waals surface area contributed by atoms with Gasteiger partial charge in [0.1, 0.15) is 6.10 Å². The molecule has 0 bridgehead atoms. The molecule has 3 nitrogen and oxygen atoms in total. The number of fused-ring (bicyclic) bond motifs is 1. The van der Waals surface area contributed by atoms with Crippen molar-refractivity contribution in [2.45, 2.75) is 59.1 Å². The van der Waals surface area contributed by atoms with Gasteiger partial charge in [0.25, 0.3) is 0 Å². The van der Waals surface area contributed by atoms with Gasteiger partial charge in [-0.1, -0.05) is 67.4 Å². The molecule has 4 heteroatoms. The molecule has 1 aliphatic rings. The topological polar surface area (TPSA) is 38.3 Å². The van der Waals surface area contributed by atoms with Gasteiger partial charge in [-0.05, 0) is 42.2 Å². The maximum absolute atomic E-state index is 11.9. The molecule has 27 heavy (non-hydrogen) atoms. The predicted octanol–water partition coefficient (Wildman–Crippen LogP) is 6.59. The SMILES string of the molecule is CCCCc1ccc2c(c1)C(OC(C)=O)C(C)(C)C(c1ccc(Br)cc1)N2. The quantitative estimate of drug-likeness (QED) is 0.544. The number of carbonyl (C=O) groups excluding carboxylic acids is 1. The molecule has 0 saturated carbocycles. The number of ether oxygens (including phenoxy) is 1. The maximum atomic E-state index is 11.9. The van der Waals surface area contributed by atoms with E-state index in [9.17, 15) is 4.79 Å². The number of aryl methyl sites for hydroxylation is 1. The van der Waals surface area contributed by atoms with Crippen LogP contribution in [0.1, 0.15) is 69.4 Å². The van der Waals surface area contributed by atoms with E-state index in [1.807, 2.05) is 0 Å². The second-order valence-electron chi connectivity index (χ2n) is 7.96. The van der Waals surface area contributed by atoms with Crippen molar-refractivity contribution in [3.63, 3.8) is 0 Å². The van der Waals surface area contributed by atoms with Gasteiger partial charge in [-0.3, -0.25) is 4.79 Å². The van der Waals surface area contributed by atoms with Crippen molar-refractivity contribution in [3.05, 3.63) is 63.6 Å². The molecule has 0 saturated heterocycles. The van der Waals surface area contributed by atoms with Gasteiger partial charge in [0.15, 0.2) is 0 Å². The molecular formula is C23H28BrNO2. The number of rotatable bonds is 5. The van der Waals surface area contributed by atoms with E-state index in [1.54, 1.807) is 0 Å². The molecule has 0 spiro atoms. The molecule has 0 aliphatic carbocycles. The molecule has 2 atom stereocenters. The molecule has 144 valence electrons. The first-order chi connectivity index (χ1) is 12.8. The first kappa shape index (κ1) is 19.9. The van der Waals surface area contributed by atoms with Crippen molar-refractivity contribution < 1.29 is 9.53 Å². The highest BCUT2D eigenvalue weighted by molar-refractivity contribution is 9.10. The minimum atomic E-state index is -0.296. The maximum Gasteiger partial charge on any atom is 0.303 e. The Bertz CT molecular complexity index is 814. The summed E-state index contributed by atoms with van der Waals surface area (Å²) >= 11 is 3.51. The molecule has 2 unspecified atom stereocenters. The molecule has 1 heterocycles. The minimum Gasteiger partial charge on any atom is -0.457 e. The zero-order valence-electron chi connectivity index (χ0n) is 16.5. The lowest BCUT2D eigenvalue weighted by molar-refractivity contribution is -0.154. The molecule has 3 rings (SSSR count). The zero-order valence-corrected chi connectivity index (χ0v) is 18.1. The van der Waals surface area contributed by atoms with E-state index >= 15 is 0 Å². The van der Waals surface area contributed by atoms with Crippen molar-refractivity contribution in [3.8, 4) is 0 Å². The van der Waals surface area contributed by atoms with Crippen molar-refractivity contribution in [2.75, 3.05) is 5.32 Å². The fourth-order valence-corrected chi connectivity index (χ4v) is 4.20. The van der Waals surface area contributed by atoms with Gasteiger partial charge in [-0.2, -0.15) is 0 Å². The average molecular weight is 430 g/mol.